The summed E-state index contributed by atoms with van der Waals surface area (Å²) in [5.41, 5.74) is 10.8. The first-order valence-electron chi connectivity index (χ1n) is 10.7. The Hall–Kier alpha value is -0.0800. The van der Waals surface area contributed by atoms with Gasteiger partial charge in [-0.3, -0.25) is 0 Å². The molecule has 0 spiro atoms. The second-order valence-corrected chi connectivity index (χ2v) is 6.88. The fourth-order valence-electron chi connectivity index (χ4n) is 2.73. The Kier molecular flexibility index (Phi) is 29.3. The molecular weight excluding hydrogens is 280 g/mol. The summed E-state index contributed by atoms with van der Waals surface area (Å²) in [4.78, 5) is 0. The quantitative estimate of drug-likeness (QED) is 0.297. The zero-order chi connectivity index (χ0) is 17.4. The lowest BCUT2D eigenvalue weighted by Gasteiger charge is -1.99. The first kappa shape index (κ1) is 25.2. The molecule has 0 aliphatic rings. The van der Waals surface area contributed by atoms with E-state index in [0.29, 0.717) is 0 Å². The van der Waals surface area contributed by atoms with Gasteiger partial charge in [-0.05, 0) is 25.9 Å². The molecule has 0 atom stereocenters. The Balaban J connectivity index is 0. The Morgan fingerprint density at radius 2 is 0.565 bits per heavy atom. The minimum absolute atomic E-state index is 0.870. The van der Waals surface area contributed by atoms with Crippen LogP contribution in [0.25, 0.3) is 0 Å². The molecule has 23 heavy (non-hydrogen) atoms. The van der Waals surface area contributed by atoms with Crippen molar-refractivity contribution in [2.45, 2.75) is 123 Å². The SMILES string of the molecule is CCCCCCCCCCCN.CCCCCCCCCCN. The summed E-state index contributed by atoms with van der Waals surface area (Å²) in [6, 6.07) is 0. The van der Waals surface area contributed by atoms with Crippen molar-refractivity contribution < 1.29 is 0 Å². The molecule has 0 aliphatic heterocycles. The molecule has 0 heterocycles. The highest BCUT2D eigenvalue weighted by Crippen LogP contribution is 2.09. The van der Waals surface area contributed by atoms with Crippen molar-refractivity contribution in [1.82, 2.24) is 0 Å². The van der Waals surface area contributed by atoms with Gasteiger partial charge < -0.3 is 11.5 Å². The molecule has 0 rings (SSSR count). The fourth-order valence-corrected chi connectivity index (χ4v) is 2.73. The molecule has 0 bridgehead atoms. The lowest BCUT2D eigenvalue weighted by atomic mass is 10.1. The third-order valence-corrected chi connectivity index (χ3v) is 4.37. The van der Waals surface area contributed by atoms with E-state index >= 15 is 0 Å². The summed E-state index contributed by atoms with van der Waals surface area (Å²) in [6.07, 6.45) is 23.4. The van der Waals surface area contributed by atoms with Crippen molar-refractivity contribution in [3.63, 3.8) is 0 Å². The minimum atomic E-state index is 0.870. The van der Waals surface area contributed by atoms with Crippen LogP contribution < -0.4 is 11.5 Å². The van der Waals surface area contributed by atoms with E-state index in [9.17, 15) is 0 Å². The van der Waals surface area contributed by atoms with E-state index in [4.69, 9.17) is 11.5 Å². The van der Waals surface area contributed by atoms with E-state index in [1.54, 1.807) is 0 Å². The van der Waals surface area contributed by atoms with Crippen molar-refractivity contribution in [1.29, 1.82) is 0 Å². The summed E-state index contributed by atoms with van der Waals surface area (Å²) < 4.78 is 0. The lowest BCUT2D eigenvalue weighted by molar-refractivity contribution is 0.567. The van der Waals surface area contributed by atoms with Gasteiger partial charge in [0.2, 0.25) is 0 Å². The van der Waals surface area contributed by atoms with Gasteiger partial charge in [-0.2, -0.15) is 0 Å². The van der Waals surface area contributed by atoms with E-state index in [2.05, 4.69) is 13.8 Å². The van der Waals surface area contributed by atoms with Crippen LogP contribution in [0.5, 0.6) is 0 Å². The molecular formula is C21H48N2. The first-order valence-corrected chi connectivity index (χ1v) is 10.7. The van der Waals surface area contributed by atoms with Crippen LogP contribution in [0.1, 0.15) is 123 Å². The van der Waals surface area contributed by atoms with Crippen molar-refractivity contribution in [3.8, 4) is 0 Å². The van der Waals surface area contributed by atoms with Gasteiger partial charge in [0.1, 0.15) is 0 Å². The maximum atomic E-state index is 5.41. The van der Waals surface area contributed by atoms with Crippen molar-refractivity contribution >= 4 is 0 Å². The summed E-state index contributed by atoms with van der Waals surface area (Å²) in [7, 11) is 0. The van der Waals surface area contributed by atoms with E-state index < -0.39 is 0 Å². The van der Waals surface area contributed by atoms with Crippen LogP contribution in [0.4, 0.5) is 0 Å². The van der Waals surface area contributed by atoms with Gasteiger partial charge in [-0.1, -0.05) is 110 Å². The number of hydrogen-bond donors (Lipinski definition) is 2. The Labute approximate surface area is 148 Å². The molecule has 142 valence electrons. The lowest BCUT2D eigenvalue weighted by Crippen LogP contribution is -1.97. The molecule has 0 unspecified atom stereocenters. The average molecular weight is 329 g/mol. The molecule has 2 nitrogen and oxygen atoms in total. The topological polar surface area (TPSA) is 52.0 Å². The van der Waals surface area contributed by atoms with Gasteiger partial charge in [-0.25, -0.2) is 0 Å². The largest absolute Gasteiger partial charge is 0.330 e. The van der Waals surface area contributed by atoms with Gasteiger partial charge >= 0.3 is 0 Å². The maximum Gasteiger partial charge on any atom is -0.00773 e. The highest BCUT2D eigenvalue weighted by atomic mass is 14.5. The minimum Gasteiger partial charge on any atom is -0.330 e. The third-order valence-electron chi connectivity index (χ3n) is 4.37. The van der Waals surface area contributed by atoms with Crippen LogP contribution in [-0.4, -0.2) is 13.1 Å². The molecule has 0 saturated heterocycles. The van der Waals surface area contributed by atoms with Crippen LogP contribution in [-0.2, 0) is 0 Å². The normalized spacial score (nSPS) is 10.4. The molecule has 0 saturated carbocycles. The molecule has 0 aromatic rings. The summed E-state index contributed by atoms with van der Waals surface area (Å²) >= 11 is 0. The predicted molar refractivity (Wildman–Crippen MR) is 108 cm³/mol. The smallest absolute Gasteiger partial charge is 0.00773 e. The van der Waals surface area contributed by atoms with Gasteiger partial charge in [0.05, 0.1) is 0 Å². The monoisotopic (exact) mass is 328 g/mol. The molecule has 0 fully saturated rings. The number of hydrogen-bond acceptors (Lipinski definition) is 2. The highest BCUT2D eigenvalue weighted by molar-refractivity contribution is 4.47. The zero-order valence-corrected chi connectivity index (χ0v) is 16.6. The summed E-state index contributed by atoms with van der Waals surface area (Å²) in [5, 5.41) is 0. The van der Waals surface area contributed by atoms with Gasteiger partial charge in [0.15, 0.2) is 0 Å². The molecule has 4 N–H and O–H groups in total. The summed E-state index contributed by atoms with van der Waals surface area (Å²) in [6.45, 7) is 6.26. The van der Waals surface area contributed by atoms with Crippen LogP contribution in [0.3, 0.4) is 0 Å². The van der Waals surface area contributed by atoms with Crippen LogP contribution in [0.2, 0.25) is 0 Å². The molecule has 0 radical (unpaired) electrons. The second-order valence-electron chi connectivity index (χ2n) is 6.88. The Morgan fingerprint density at radius 3 is 0.783 bits per heavy atom. The van der Waals surface area contributed by atoms with E-state index in [1.807, 2.05) is 0 Å². The third kappa shape index (κ3) is 30.4. The first-order chi connectivity index (χ1) is 11.3. The van der Waals surface area contributed by atoms with Crippen LogP contribution in [0.15, 0.2) is 0 Å². The number of nitrogens with two attached hydrogens (primary N) is 2. The Morgan fingerprint density at radius 1 is 0.348 bits per heavy atom. The van der Waals surface area contributed by atoms with Gasteiger partial charge in [-0.15, -0.1) is 0 Å². The van der Waals surface area contributed by atoms with Crippen LogP contribution >= 0.6 is 0 Å². The number of unbranched alkanes of at least 4 members (excludes halogenated alkanes) is 15. The van der Waals surface area contributed by atoms with E-state index in [1.165, 1.54) is 109 Å². The van der Waals surface area contributed by atoms with E-state index in [-0.39, 0.29) is 0 Å². The second kappa shape index (κ2) is 26.8. The van der Waals surface area contributed by atoms with Crippen molar-refractivity contribution in [2.24, 2.45) is 11.5 Å². The Bertz CT molecular complexity index is 153. The predicted octanol–water partition coefficient (Wildman–Crippen LogP) is 6.56. The standard InChI is InChI=1S/C11H25N.C10H23N/c1-2-3-4-5-6-7-8-9-10-11-12;1-2-3-4-5-6-7-8-9-10-11/h2-12H2,1H3;2-11H2,1H3. The molecule has 0 aliphatic carbocycles. The number of rotatable bonds is 17. The molecule has 0 amide bonds. The van der Waals surface area contributed by atoms with Crippen molar-refractivity contribution in [3.05, 3.63) is 0 Å². The maximum absolute atomic E-state index is 5.41. The molecule has 2 heteroatoms. The highest BCUT2D eigenvalue weighted by Gasteiger charge is 1.90. The van der Waals surface area contributed by atoms with Gasteiger partial charge in [0, 0.05) is 0 Å². The zero-order valence-electron chi connectivity index (χ0n) is 16.6. The fraction of sp³-hybridized carbons (Fsp3) is 1.00. The average Bonchev–Trinajstić information content (AvgIpc) is 2.57. The van der Waals surface area contributed by atoms with E-state index in [0.717, 1.165) is 13.1 Å². The van der Waals surface area contributed by atoms with Crippen LogP contribution in [0, 0.1) is 0 Å². The van der Waals surface area contributed by atoms with Gasteiger partial charge in [0.25, 0.3) is 0 Å². The molecule has 0 aromatic carbocycles. The van der Waals surface area contributed by atoms with Crippen molar-refractivity contribution in [2.75, 3.05) is 13.1 Å². The molecule has 0 aromatic heterocycles. The summed E-state index contributed by atoms with van der Waals surface area (Å²) in [5.74, 6) is 0.